The van der Waals surface area contributed by atoms with E-state index in [9.17, 15) is 0 Å². The molecule has 0 aliphatic carbocycles. The highest BCUT2D eigenvalue weighted by molar-refractivity contribution is 6.25. The standard InChI is InChI=1S/C74H51N/c1-7-22-52(23-8-1)61-48-62(53-24-9-2-10-25-53)50-65(49-61)75(63-43-38-54(39-44-63)60-42-47-66(55-26-11-3-12-27-55)71(51-60)56-28-13-4-14-29-56)64-45-40-57(41-46-64)67-36-21-37-70-68-34-19-20-35-69(68)72(58-30-15-5-16-31-58)73(74(67)70)59-32-17-6-18-33-59/h1-51H. The first-order chi connectivity index (χ1) is 37.2. The van der Waals surface area contributed by atoms with E-state index in [0.717, 1.165) is 39.3 Å². The molecule has 0 saturated heterocycles. The Kier molecular flexibility index (Phi) is 12.0. The van der Waals surface area contributed by atoms with Crippen LogP contribution >= 0.6 is 0 Å². The zero-order valence-electron chi connectivity index (χ0n) is 41.4. The molecule has 0 unspecified atom stereocenters. The van der Waals surface area contributed by atoms with E-state index in [1.54, 1.807) is 0 Å². The molecule has 0 aliphatic rings. The van der Waals surface area contributed by atoms with E-state index in [4.69, 9.17) is 0 Å². The average molecular weight is 954 g/mol. The van der Waals surface area contributed by atoms with Gasteiger partial charge in [-0.05, 0) is 159 Å². The maximum atomic E-state index is 2.42. The molecule has 0 aliphatic heterocycles. The van der Waals surface area contributed by atoms with Crippen molar-refractivity contribution >= 4 is 38.6 Å². The van der Waals surface area contributed by atoms with Gasteiger partial charge in [0.25, 0.3) is 0 Å². The molecular weight excluding hydrogens is 903 g/mol. The van der Waals surface area contributed by atoms with Gasteiger partial charge in [-0.25, -0.2) is 0 Å². The zero-order valence-corrected chi connectivity index (χ0v) is 41.4. The highest BCUT2D eigenvalue weighted by Gasteiger charge is 2.22. The number of nitrogens with zero attached hydrogens (tertiary/aromatic N) is 1. The third kappa shape index (κ3) is 8.77. The molecule has 0 spiro atoms. The van der Waals surface area contributed by atoms with Crippen LogP contribution in [0.15, 0.2) is 309 Å². The van der Waals surface area contributed by atoms with Crippen molar-refractivity contribution in [1.82, 2.24) is 0 Å². The molecule has 0 aromatic heterocycles. The van der Waals surface area contributed by atoms with Crippen LogP contribution in [0, 0.1) is 0 Å². The smallest absolute Gasteiger partial charge is 0.0473 e. The lowest BCUT2D eigenvalue weighted by molar-refractivity contribution is 1.28. The van der Waals surface area contributed by atoms with Crippen LogP contribution in [0.1, 0.15) is 0 Å². The Morgan fingerprint density at radius 2 is 0.560 bits per heavy atom. The quantitative estimate of drug-likeness (QED) is 0.117. The first kappa shape index (κ1) is 45.1. The molecule has 0 bridgehead atoms. The molecule has 13 aromatic carbocycles. The van der Waals surface area contributed by atoms with Gasteiger partial charge in [0.1, 0.15) is 0 Å². The summed E-state index contributed by atoms with van der Waals surface area (Å²) >= 11 is 0. The van der Waals surface area contributed by atoms with Gasteiger partial charge in [0.15, 0.2) is 0 Å². The average Bonchev–Trinajstić information content (AvgIpc) is 3.51. The van der Waals surface area contributed by atoms with Crippen molar-refractivity contribution < 1.29 is 0 Å². The van der Waals surface area contributed by atoms with Gasteiger partial charge < -0.3 is 4.90 Å². The van der Waals surface area contributed by atoms with E-state index >= 15 is 0 Å². The van der Waals surface area contributed by atoms with Gasteiger partial charge in [-0.3, -0.25) is 0 Å². The summed E-state index contributed by atoms with van der Waals surface area (Å²) in [6.45, 7) is 0. The van der Waals surface area contributed by atoms with Gasteiger partial charge in [0, 0.05) is 17.1 Å². The minimum atomic E-state index is 1.06. The summed E-state index contributed by atoms with van der Waals surface area (Å²) in [5.41, 5.74) is 22.2. The molecule has 0 N–H and O–H groups in total. The fraction of sp³-hybridized carbons (Fsp3) is 0. The Hall–Kier alpha value is -9.82. The third-order valence-electron chi connectivity index (χ3n) is 14.7. The molecule has 0 heterocycles. The Morgan fingerprint density at radius 1 is 0.173 bits per heavy atom. The van der Waals surface area contributed by atoms with E-state index in [1.165, 1.54) is 88.3 Å². The second-order valence-electron chi connectivity index (χ2n) is 19.2. The first-order valence-electron chi connectivity index (χ1n) is 25.8. The van der Waals surface area contributed by atoms with Crippen LogP contribution in [0.25, 0.3) is 111 Å². The maximum absolute atomic E-state index is 2.42. The number of hydrogen-bond donors (Lipinski definition) is 0. The summed E-state index contributed by atoms with van der Waals surface area (Å²) in [6, 6.07) is 113. The van der Waals surface area contributed by atoms with Crippen molar-refractivity contribution in [2.24, 2.45) is 0 Å². The van der Waals surface area contributed by atoms with Crippen molar-refractivity contribution in [1.29, 1.82) is 0 Å². The number of hydrogen-bond acceptors (Lipinski definition) is 1. The molecule has 352 valence electrons. The first-order valence-corrected chi connectivity index (χ1v) is 25.8. The number of rotatable bonds is 11. The monoisotopic (exact) mass is 953 g/mol. The lowest BCUT2D eigenvalue weighted by atomic mass is 9.82. The molecule has 0 radical (unpaired) electrons. The topological polar surface area (TPSA) is 3.24 Å². The van der Waals surface area contributed by atoms with Gasteiger partial charge in [0.2, 0.25) is 0 Å². The van der Waals surface area contributed by atoms with Crippen molar-refractivity contribution in [2.75, 3.05) is 4.90 Å². The van der Waals surface area contributed by atoms with E-state index < -0.39 is 0 Å². The number of benzene rings is 13. The maximum Gasteiger partial charge on any atom is 0.0473 e. The fourth-order valence-electron chi connectivity index (χ4n) is 11.1. The molecule has 1 heteroatoms. The molecule has 0 amide bonds. The molecule has 1 nitrogen and oxygen atoms in total. The summed E-state index contributed by atoms with van der Waals surface area (Å²) in [5.74, 6) is 0. The number of anilines is 3. The lowest BCUT2D eigenvalue weighted by Gasteiger charge is -2.27. The van der Waals surface area contributed by atoms with E-state index in [0.29, 0.717) is 0 Å². The van der Waals surface area contributed by atoms with Crippen LogP contribution in [-0.2, 0) is 0 Å². The van der Waals surface area contributed by atoms with Gasteiger partial charge >= 0.3 is 0 Å². The second-order valence-corrected chi connectivity index (χ2v) is 19.2. The molecule has 75 heavy (non-hydrogen) atoms. The predicted octanol–water partition coefficient (Wildman–Crippen LogP) is 20.8. The summed E-state index contributed by atoms with van der Waals surface area (Å²) in [6.07, 6.45) is 0. The van der Waals surface area contributed by atoms with Crippen LogP contribution in [0.2, 0.25) is 0 Å². The largest absolute Gasteiger partial charge is 0.310 e. The Bertz CT molecular complexity index is 4040. The minimum Gasteiger partial charge on any atom is -0.310 e. The van der Waals surface area contributed by atoms with Gasteiger partial charge in [-0.1, -0.05) is 261 Å². The second kappa shape index (κ2) is 20.0. The van der Waals surface area contributed by atoms with E-state index in [-0.39, 0.29) is 0 Å². The zero-order chi connectivity index (χ0) is 49.9. The SMILES string of the molecule is c1ccc(-c2cc(-c3ccccc3)cc(N(c3ccc(-c4ccc(-c5ccccc5)c(-c5ccccc5)c4)cc3)c3ccc(-c4cccc5c4c(-c4ccccc4)c(-c4ccccc4)c4ccccc45)cc3)c2)cc1. The van der Waals surface area contributed by atoms with Gasteiger partial charge in [-0.2, -0.15) is 0 Å². The van der Waals surface area contributed by atoms with Crippen LogP contribution in [0.4, 0.5) is 17.1 Å². The Labute approximate surface area is 439 Å². The normalized spacial score (nSPS) is 11.2. The number of fused-ring (bicyclic) bond motifs is 3. The van der Waals surface area contributed by atoms with Crippen molar-refractivity contribution in [3.05, 3.63) is 309 Å². The third-order valence-corrected chi connectivity index (χ3v) is 14.7. The summed E-state index contributed by atoms with van der Waals surface area (Å²) in [7, 11) is 0. The molecule has 13 rings (SSSR count). The molecular formula is C74H51N. The molecule has 0 atom stereocenters. The fourth-order valence-corrected chi connectivity index (χ4v) is 11.1. The highest BCUT2D eigenvalue weighted by Crippen LogP contribution is 2.49. The molecule has 13 aromatic rings. The van der Waals surface area contributed by atoms with Gasteiger partial charge in [-0.15, -0.1) is 0 Å². The van der Waals surface area contributed by atoms with Gasteiger partial charge in [0.05, 0.1) is 0 Å². The van der Waals surface area contributed by atoms with Crippen molar-refractivity contribution in [3.8, 4) is 89.0 Å². The van der Waals surface area contributed by atoms with Crippen LogP contribution < -0.4 is 4.90 Å². The summed E-state index contributed by atoms with van der Waals surface area (Å²) in [4.78, 5) is 2.42. The Balaban J connectivity index is 0.981. The molecule has 0 saturated carbocycles. The predicted molar refractivity (Wildman–Crippen MR) is 320 cm³/mol. The van der Waals surface area contributed by atoms with Crippen LogP contribution in [-0.4, -0.2) is 0 Å². The van der Waals surface area contributed by atoms with Crippen molar-refractivity contribution in [3.63, 3.8) is 0 Å². The highest BCUT2D eigenvalue weighted by atomic mass is 15.1. The van der Waals surface area contributed by atoms with Crippen LogP contribution in [0.5, 0.6) is 0 Å². The van der Waals surface area contributed by atoms with E-state index in [2.05, 4.69) is 314 Å². The van der Waals surface area contributed by atoms with Crippen molar-refractivity contribution in [2.45, 2.75) is 0 Å². The summed E-state index contributed by atoms with van der Waals surface area (Å²) in [5, 5.41) is 4.98. The summed E-state index contributed by atoms with van der Waals surface area (Å²) < 4.78 is 0. The lowest BCUT2D eigenvalue weighted by Crippen LogP contribution is -2.10. The van der Waals surface area contributed by atoms with Crippen LogP contribution in [0.3, 0.4) is 0 Å². The Morgan fingerprint density at radius 3 is 1.09 bits per heavy atom. The van der Waals surface area contributed by atoms with E-state index in [1.807, 2.05) is 0 Å². The minimum absolute atomic E-state index is 1.06. The molecule has 0 fully saturated rings.